The molecule has 1 N–H and O–H groups in total. The quantitative estimate of drug-likeness (QED) is 0.890. The Hall–Kier alpha value is -2.35. The molecule has 0 radical (unpaired) electrons. The fraction of sp³-hybridized carbons (Fsp3) is 0.308. The topological polar surface area (TPSA) is 70.2 Å². The first-order valence-electron chi connectivity index (χ1n) is 5.73. The molecule has 0 unspecified atom stereocenters. The predicted octanol–water partition coefficient (Wildman–Crippen LogP) is 1.67. The van der Waals surface area contributed by atoms with E-state index in [1.54, 1.807) is 17.5 Å². The first kappa shape index (κ1) is 12.1. The Kier molecular flexibility index (Phi) is 3.28. The number of imidazole rings is 1. The van der Waals surface area contributed by atoms with Crippen molar-refractivity contribution in [3.05, 3.63) is 35.8 Å². The number of amides is 1. The maximum atomic E-state index is 11.9. The number of carbonyl (C=O) groups excluding carboxylic acids is 1. The molecule has 0 spiro atoms. The number of nitriles is 1. The smallest absolute Gasteiger partial charge is 0.271 e. The molecule has 2 heterocycles. The molecule has 0 aliphatic heterocycles. The highest BCUT2D eigenvalue weighted by Gasteiger charge is 2.13. The van der Waals surface area contributed by atoms with Gasteiger partial charge in [-0.3, -0.25) is 4.79 Å². The highest BCUT2D eigenvalue weighted by atomic mass is 16.1. The summed E-state index contributed by atoms with van der Waals surface area (Å²) in [5.74, 6) is -0.251. The molecule has 0 aromatic carbocycles. The molecule has 0 bridgehead atoms. The summed E-state index contributed by atoms with van der Waals surface area (Å²) in [7, 11) is 0. The lowest BCUT2D eigenvalue weighted by Crippen LogP contribution is -2.32. The molecule has 0 aliphatic rings. The molecule has 92 valence electrons. The molecule has 1 amide bonds. The molecule has 5 nitrogen and oxygen atoms in total. The maximum Gasteiger partial charge on any atom is 0.271 e. The number of hydrogen-bond donors (Lipinski definition) is 1. The Labute approximate surface area is 105 Å². The summed E-state index contributed by atoms with van der Waals surface area (Å²) in [5, 5.41) is 11.3. The van der Waals surface area contributed by atoms with Crippen molar-refractivity contribution in [3.63, 3.8) is 0 Å². The highest BCUT2D eigenvalue weighted by Crippen LogP contribution is 2.08. The van der Waals surface area contributed by atoms with Gasteiger partial charge in [-0.05, 0) is 31.5 Å². The zero-order chi connectivity index (χ0) is 13.1. The van der Waals surface area contributed by atoms with Gasteiger partial charge in [-0.1, -0.05) is 0 Å². The summed E-state index contributed by atoms with van der Waals surface area (Å²) in [6.45, 7) is 3.77. The van der Waals surface area contributed by atoms with Gasteiger partial charge in [-0.15, -0.1) is 0 Å². The zero-order valence-electron chi connectivity index (χ0n) is 10.3. The molecule has 2 aromatic heterocycles. The van der Waals surface area contributed by atoms with Gasteiger partial charge in [-0.25, -0.2) is 4.98 Å². The van der Waals surface area contributed by atoms with Crippen LogP contribution in [0.1, 0.15) is 29.4 Å². The van der Waals surface area contributed by atoms with Crippen molar-refractivity contribution >= 4 is 11.6 Å². The average molecular weight is 242 g/mol. The molecule has 2 rings (SSSR count). The monoisotopic (exact) mass is 242 g/mol. The van der Waals surface area contributed by atoms with Crippen LogP contribution in [0.15, 0.2) is 24.5 Å². The van der Waals surface area contributed by atoms with Crippen LogP contribution in [-0.4, -0.2) is 21.3 Å². The van der Waals surface area contributed by atoms with E-state index in [0.717, 1.165) is 11.2 Å². The molecule has 18 heavy (non-hydrogen) atoms. The van der Waals surface area contributed by atoms with Crippen LogP contribution in [0.2, 0.25) is 0 Å². The normalized spacial score (nSPS) is 12.1. The summed E-state index contributed by atoms with van der Waals surface area (Å²) in [5.41, 5.74) is 2.20. The lowest BCUT2D eigenvalue weighted by molar-refractivity contribution is 0.0936. The van der Waals surface area contributed by atoms with E-state index in [0.29, 0.717) is 5.69 Å². The van der Waals surface area contributed by atoms with Crippen LogP contribution in [0.4, 0.5) is 0 Å². The molecule has 1 atom stereocenters. The van der Waals surface area contributed by atoms with Crippen LogP contribution in [0, 0.1) is 18.3 Å². The van der Waals surface area contributed by atoms with Crippen LogP contribution >= 0.6 is 0 Å². The number of pyridine rings is 1. The first-order chi connectivity index (χ1) is 8.60. The van der Waals surface area contributed by atoms with Crippen LogP contribution in [0.3, 0.4) is 0 Å². The second kappa shape index (κ2) is 4.88. The standard InChI is InChI=1S/C13H14N4O/c1-9-4-6-17-8-11(16-12(17)7-9)13(18)15-10(2)3-5-14/h4,6-8,10H,3H2,1-2H3,(H,15,18)/t10-/m1/s1. The molecule has 5 heteroatoms. The fourth-order valence-electron chi connectivity index (χ4n) is 1.68. The molecule has 0 saturated heterocycles. The Bertz CT molecular complexity index is 623. The molecule has 0 aliphatic carbocycles. The SMILES string of the molecule is Cc1ccn2cc(C(=O)N[C@H](C)CC#N)nc2c1. The van der Waals surface area contributed by atoms with E-state index in [1.807, 2.05) is 31.3 Å². The van der Waals surface area contributed by atoms with E-state index in [2.05, 4.69) is 10.3 Å². The van der Waals surface area contributed by atoms with E-state index in [4.69, 9.17) is 5.26 Å². The summed E-state index contributed by atoms with van der Waals surface area (Å²) < 4.78 is 1.80. The molecular weight excluding hydrogens is 228 g/mol. The van der Waals surface area contributed by atoms with Gasteiger partial charge < -0.3 is 9.72 Å². The average Bonchev–Trinajstić information content (AvgIpc) is 2.72. The largest absolute Gasteiger partial charge is 0.347 e. The van der Waals surface area contributed by atoms with Gasteiger partial charge in [0.2, 0.25) is 0 Å². The van der Waals surface area contributed by atoms with E-state index in [9.17, 15) is 4.79 Å². The van der Waals surface area contributed by atoms with E-state index >= 15 is 0 Å². The number of nitrogens with one attached hydrogen (secondary N) is 1. The molecule has 2 aromatic rings. The number of carbonyl (C=O) groups is 1. The number of fused-ring (bicyclic) bond motifs is 1. The Morgan fingerprint density at radius 3 is 3.17 bits per heavy atom. The Morgan fingerprint density at radius 2 is 2.44 bits per heavy atom. The highest BCUT2D eigenvalue weighted by molar-refractivity contribution is 5.93. The third-order valence-corrected chi connectivity index (χ3v) is 2.62. The van der Waals surface area contributed by atoms with Crippen LogP contribution < -0.4 is 5.32 Å². The van der Waals surface area contributed by atoms with Gasteiger partial charge in [0.1, 0.15) is 11.3 Å². The van der Waals surface area contributed by atoms with Gasteiger partial charge >= 0.3 is 0 Å². The Balaban J connectivity index is 2.21. The number of nitrogens with zero attached hydrogens (tertiary/aromatic N) is 3. The summed E-state index contributed by atoms with van der Waals surface area (Å²) >= 11 is 0. The summed E-state index contributed by atoms with van der Waals surface area (Å²) in [4.78, 5) is 16.1. The van der Waals surface area contributed by atoms with Gasteiger partial charge in [0.25, 0.3) is 5.91 Å². The third-order valence-electron chi connectivity index (χ3n) is 2.62. The van der Waals surface area contributed by atoms with Gasteiger partial charge in [-0.2, -0.15) is 5.26 Å². The van der Waals surface area contributed by atoms with Crippen LogP contribution in [0.5, 0.6) is 0 Å². The Morgan fingerprint density at radius 1 is 1.67 bits per heavy atom. The van der Waals surface area contributed by atoms with Gasteiger partial charge in [0.05, 0.1) is 12.5 Å². The zero-order valence-corrected chi connectivity index (χ0v) is 10.3. The summed E-state index contributed by atoms with van der Waals surface area (Å²) in [6, 6.07) is 5.71. The van der Waals surface area contributed by atoms with Crippen molar-refractivity contribution in [1.29, 1.82) is 5.26 Å². The van der Waals surface area contributed by atoms with Crippen LogP contribution in [-0.2, 0) is 0 Å². The van der Waals surface area contributed by atoms with Crippen molar-refractivity contribution in [1.82, 2.24) is 14.7 Å². The second-order valence-electron chi connectivity index (χ2n) is 4.33. The summed E-state index contributed by atoms with van der Waals surface area (Å²) in [6.07, 6.45) is 3.84. The second-order valence-corrected chi connectivity index (χ2v) is 4.33. The fourth-order valence-corrected chi connectivity index (χ4v) is 1.68. The predicted molar refractivity (Wildman–Crippen MR) is 67.1 cm³/mol. The van der Waals surface area contributed by atoms with Crippen molar-refractivity contribution in [2.75, 3.05) is 0 Å². The van der Waals surface area contributed by atoms with Crippen molar-refractivity contribution < 1.29 is 4.79 Å². The lowest BCUT2D eigenvalue weighted by atomic mass is 10.2. The van der Waals surface area contributed by atoms with Gasteiger partial charge in [0, 0.05) is 18.4 Å². The molecule has 0 fully saturated rings. The maximum absolute atomic E-state index is 11.9. The number of rotatable bonds is 3. The molecule has 0 saturated carbocycles. The number of aryl methyl sites for hydroxylation is 1. The van der Waals surface area contributed by atoms with Gasteiger partial charge in [0.15, 0.2) is 0 Å². The molecular formula is C13H14N4O. The number of aromatic nitrogens is 2. The third kappa shape index (κ3) is 2.48. The minimum absolute atomic E-state index is 0.172. The minimum Gasteiger partial charge on any atom is -0.347 e. The van der Waals surface area contributed by atoms with Crippen molar-refractivity contribution in [3.8, 4) is 6.07 Å². The van der Waals surface area contributed by atoms with E-state index in [-0.39, 0.29) is 18.4 Å². The lowest BCUT2D eigenvalue weighted by Gasteiger charge is -2.07. The van der Waals surface area contributed by atoms with E-state index < -0.39 is 0 Å². The van der Waals surface area contributed by atoms with Crippen molar-refractivity contribution in [2.24, 2.45) is 0 Å². The van der Waals surface area contributed by atoms with Crippen LogP contribution in [0.25, 0.3) is 5.65 Å². The first-order valence-corrected chi connectivity index (χ1v) is 5.73. The van der Waals surface area contributed by atoms with Crippen molar-refractivity contribution in [2.45, 2.75) is 26.3 Å². The number of hydrogen-bond acceptors (Lipinski definition) is 3. The minimum atomic E-state index is -0.251. The van der Waals surface area contributed by atoms with E-state index in [1.165, 1.54) is 0 Å².